The highest BCUT2D eigenvalue weighted by Gasteiger charge is 2.50. The van der Waals surface area contributed by atoms with Gasteiger partial charge in [0, 0.05) is 56.2 Å². The van der Waals surface area contributed by atoms with Gasteiger partial charge in [0.25, 0.3) is 0 Å². The van der Waals surface area contributed by atoms with Crippen molar-refractivity contribution in [2.45, 2.75) is 18.3 Å². The number of H-pyrrole nitrogens is 2. The molecule has 24 heteroatoms. The van der Waals surface area contributed by atoms with Crippen LogP contribution in [0.15, 0.2) is 24.3 Å². The van der Waals surface area contributed by atoms with Gasteiger partial charge >= 0.3 is 0 Å². The first-order valence-corrected chi connectivity index (χ1v) is 19.1. The summed E-state index contributed by atoms with van der Waals surface area (Å²) in [5.74, 6) is -54.8. The number of benzene rings is 4. The molecule has 10 rings (SSSR count). The Hall–Kier alpha value is -7.66. The third-order valence-corrected chi connectivity index (χ3v) is 11.7. The first kappa shape index (κ1) is 45.1. The molecule has 1 fully saturated rings. The number of aromatic nitrogens is 4. The molecule has 8 bridgehead atoms. The highest BCUT2D eigenvalue weighted by molar-refractivity contribution is 5.98. The Labute approximate surface area is 367 Å². The number of rotatable bonds is 4. The predicted molar refractivity (Wildman–Crippen MR) is 201 cm³/mol. The SMILES string of the molecule is Fc1c(F)c(F)c(-c2c3nc(c(-c4c(F)c(F)c(F)c(F)c4F)c4ccc([nH]4)c(-c4c(F)c(F)c(F)c(F)c4F)c4nc(c(-c5c(F)c(F)c(F)c(F)c5F)c5ccc2[nH]5)C2CC42)C=C3)c(F)c1F. The average Bonchev–Trinajstić information content (AvgIpc) is 3.79. The van der Waals surface area contributed by atoms with E-state index in [1.807, 2.05) is 0 Å². The van der Waals surface area contributed by atoms with E-state index in [1.165, 1.54) is 0 Å². The Morgan fingerprint density at radius 3 is 0.754 bits per heavy atom. The lowest BCUT2D eigenvalue weighted by atomic mass is 9.98. The second kappa shape index (κ2) is 15.4. The van der Waals surface area contributed by atoms with Crippen molar-refractivity contribution in [3.05, 3.63) is 163 Å². The summed E-state index contributed by atoms with van der Waals surface area (Å²) in [4.78, 5) is 12.7. The van der Waals surface area contributed by atoms with Gasteiger partial charge in [-0.05, 0) is 42.8 Å². The van der Waals surface area contributed by atoms with Gasteiger partial charge in [-0.3, -0.25) is 4.98 Å². The molecule has 2 aliphatic heterocycles. The quantitative estimate of drug-likeness (QED) is 0.105. The Bertz CT molecular complexity index is 3390. The third kappa shape index (κ3) is 6.25. The van der Waals surface area contributed by atoms with Gasteiger partial charge in [0.15, 0.2) is 93.1 Å². The number of hydrogen-bond acceptors (Lipinski definition) is 2. The largest absolute Gasteiger partial charge is 0.354 e. The highest BCUT2D eigenvalue weighted by Crippen LogP contribution is 2.62. The molecule has 2 N–H and O–H groups in total. The second-order valence-corrected chi connectivity index (χ2v) is 15.4. The van der Waals surface area contributed by atoms with Crippen LogP contribution in [0.4, 0.5) is 87.8 Å². The summed E-state index contributed by atoms with van der Waals surface area (Å²) in [6.07, 6.45) is 0.875. The smallest absolute Gasteiger partial charge is 0.200 e. The molecule has 0 amide bonds. The minimum absolute atomic E-state index is 0.365. The van der Waals surface area contributed by atoms with Crippen molar-refractivity contribution in [1.29, 1.82) is 0 Å². The Morgan fingerprint density at radius 1 is 0.275 bits per heavy atom. The minimum Gasteiger partial charge on any atom is -0.354 e. The lowest BCUT2D eigenvalue weighted by Gasteiger charge is -2.12. The second-order valence-electron chi connectivity index (χ2n) is 15.4. The summed E-state index contributed by atoms with van der Waals surface area (Å²) >= 11 is 0. The first-order chi connectivity index (χ1) is 32.6. The standard InChI is InChI=1S/C45H12F20N4/c46-24-20(25(47)33(55)40(62)32(24)54)16-10-1-2-11(66-10)17(21-26(48)34(56)41(63)35(57)27(21)49)13-4-6-15(68-13)19(23-30(52)38(60)43(65)39(61)31(23)53)45-9-7-8(9)44(69-45)18(14-5-3-12(16)67-14)22-28(50)36(58)42(64)37(59)29(22)51/h1-6,8-9,67-68H,7H2. The molecule has 4 nitrogen and oxygen atoms in total. The first-order valence-electron chi connectivity index (χ1n) is 19.1. The van der Waals surface area contributed by atoms with E-state index in [-0.39, 0.29) is 6.42 Å². The summed E-state index contributed by atoms with van der Waals surface area (Å²) in [7, 11) is 0. The highest BCUT2D eigenvalue weighted by atomic mass is 19.2. The molecule has 0 saturated heterocycles. The fraction of sp³-hybridized carbons (Fsp3) is 0.0667. The van der Waals surface area contributed by atoms with Crippen molar-refractivity contribution in [3.8, 4) is 44.5 Å². The number of nitrogens with zero attached hydrogens (tertiary/aromatic N) is 2. The fourth-order valence-electron chi connectivity index (χ4n) is 8.49. The molecule has 0 spiro atoms. The maximum Gasteiger partial charge on any atom is 0.200 e. The molecule has 3 aliphatic rings. The Morgan fingerprint density at radius 2 is 0.493 bits per heavy atom. The van der Waals surface area contributed by atoms with Gasteiger partial charge in [0.2, 0.25) is 23.3 Å². The fourth-order valence-corrected chi connectivity index (χ4v) is 8.49. The van der Waals surface area contributed by atoms with E-state index in [9.17, 15) is 35.1 Å². The van der Waals surface area contributed by atoms with Crippen molar-refractivity contribution in [3.63, 3.8) is 0 Å². The molecule has 352 valence electrons. The van der Waals surface area contributed by atoms with Gasteiger partial charge in [-0.15, -0.1) is 0 Å². The number of halogens is 20. The lowest BCUT2D eigenvalue weighted by molar-refractivity contribution is 0.381. The minimum atomic E-state index is -2.70. The van der Waals surface area contributed by atoms with Crippen LogP contribution in [0.25, 0.3) is 78.7 Å². The van der Waals surface area contributed by atoms with Crippen LogP contribution in [0.5, 0.6) is 0 Å². The van der Waals surface area contributed by atoms with Crippen LogP contribution in [0.2, 0.25) is 0 Å². The predicted octanol–water partition coefficient (Wildman–Crippen LogP) is 14.2. The summed E-state index contributed by atoms with van der Waals surface area (Å²) in [5.41, 5.74) is -19.2. The van der Waals surface area contributed by atoms with Crippen LogP contribution in [-0.4, -0.2) is 19.9 Å². The third-order valence-electron chi connectivity index (χ3n) is 11.7. The number of aromatic amines is 2. The van der Waals surface area contributed by atoms with Crippen LogP contribution in [0.3, 0.4) is 0 Å². The monoisotopic (exact) mass is 988 g/mol. The molecule has 69 heavy (non-hydrogen) atoms. The molecule has 5 heterocycles. The molecule has 1 saturated carbocycles. The summed E-state index contributed by atoms with van der Waals surface area (Å²) < 4.78 is 305. The normalized spacial score (nSPS) is 15.1. The van der Waals surface area contributed by atoms with Crippen LogP contribution < -0.4 is 0 Å². The van der Waals surface area contributed by atoms with E-state index in [0.717, 1.165) is 0 Å². The van der Waals surface area contributed by atoms with Crippen LogP contribution >= 0.6 is 0 Å². The maximum atomic E-state index is 15.9. The van der Waals surface area contributed by atoms with Gasteiger partial charge in [0.1, 0.15) is 0 Å². The Kier molecular flexibility index (Phi) is 10.1. The number of nitrogens with one attached hydrogen (secondary N) is 2. The molecule has 2 atom stereocenters. The van der Waals surface area contributed by atoms with Gasteiger partial charge in [-0.25, -0.2) is 92.8 Å². The van der Waals surface area contributed by atoms with E-state index in [2.05, 4.69) is 19.9 Å². The number of hydrogen-bond donors (Lipinski definition) is 2. The molecule has 7 aromatic rings. The zero-order valence-corrected chi connectivity index (χ0v) is 32.8. The number of fused-ring (bicyclic) bond motifs is 11. The molecule has 2 unspecified atom stereocenters. The van der Waals surface area contributed by atoms with Crippen LogP contribution in [0.1, 0.15) is 41.0 Å². The van der Waals surface area contributed by atoms with Gasteiger partial charge in [-0.1, -0.05) is 0 Å². The van der Waals surface area contributed by atoms with Crippen molar-refractivity contribution >= 4 is 34.2 Å². The maximum absolute atomic E-state index is 15.9. The van der Waals surface area contributed by atoms with Gasteiger partial charge in [0.05, 0.1) is 45.0 Å². The summed E-state index contributed by atoms with van der Waals surface area (Å²) in [6.45, 7) is 0. The average molecular weight is 989 g/mol. The van der Waals surface area contributed by atoms with E-state index < -0.39 is 218 Å². The van der Waals surface area contributed by atoms with Crippen molar-refractivity contribution < 1.29 is 87.8 Å². The lowest BCUT2D eigenvalue weighted by Crippen LogP contribution is -2.06. The Balaban J connectivity index is 1.50. The molecule has 4 aromatic carbocycles. The van der Waals surface area contributed by atoms with E-state index >= 15 is 52.7 Å². The van der Waals surface area contributed by atoms with Gasteiger partial charge in [-0.2, -0.15) is 0 Å². The zero-order valence-electron chi connectivity index (χ0n) is 32.8. The summed E-state index contributed by atoms with van der Waals surface area (Å²) in [6, 6.07) is 2.71. The van der Waals surface area contributed by atoms with E-state index in [0.29, 0.717) is 36.4 Å². The molecule has 0 radical (unpaired) electrons. The molecule has 1 aliphatic carbocycles. The van der Waals surface area contributed by atoms with Gasteiger partial charge < -0.3 is 9.97 Å². The topological polar surface area (TPSA) is 57.4 Å². The van der Waals surface area contributed by atoms with Crippen LogP contribution in [-0.2, 0) is 0 Å². The van der Waals surface area contributed by atoms with Crippen molar-refractivity contribution in [2.24, 2.45) is 0 Å². The molecular formula is C45H12F20N4. The zero-order chi connectivity index (χ0) is 49.7. The van der Waals surface area contributed by atoms with Crippen molar-refractivity contribution in [2.75, 3.05) is 0 Å². The molecule has 3 aromatic heterocycles. The summed E-state index contributed by atoms with van der Waals surface area (Å²) in [5, 5.41) is 0. The molecular weight excluding hydrogens is 976 g/mol. The van der Waals surface area contributed by atoms with Crippen molar-refractivity contribution in [1.82, 2.24) is 19.9 Å². The van der Waals surface area contributed by atoms with Crippen LogP contribution in [0, 0.1) is 116 Å². The van der Waals surface area contributed by atoms with E-state index in [4.69, 9.17) is 0 Å². The van der Waals surface area contributed by atoms with E-state index in [1.54, 1.807) is 0 Å².